The van der Waals surface area contributed by atoms with E-state index in [1.165, 1.54) is 16.0 Å². The third-order valence-corrected chi connectivity index (χ3v) is 5.95. The van der Waals surface area contributed by atoms with Crippen LogP contribution in [0.2, 0.25) is 0 Å². The normalized spacial score (nSPS) is 14.6. The average Bonchev–Trinajstić information content (AvgIpc) is 3.24. The molecule has 0 bridgehead atoms. The molecule has 25 heavy (non-hydrogen) atoms. The summed E-state index contributed by atoms with van der Waals surface area (Å²) in [5, 5.41) is 1.08. The van der Waals surface area contributed by atoms with Crippen LogP contribution in [0.3, 0.4) is 0 Å². The van der Waals surface area contributed by atoms with Gasteiger partial charge in [0.25, 0.3) is 5.91 Å². The van der Waals surface area contributed by atoms with Gasteiger partial charge in [0.15, 0.2) is 0 Å². The minimum absolute atomic E-state index is 0.0484. The molecule has 4 rings (SSSR count). The second-order valence-electron chi connectivity index (χ2n) is 6.37. The van der Waals surface area contributed by atoms with Crippen LogP contribution in [-0.2, 0) is 13.1 Å². The maximum atomic E-state index is 13.1. The van der Waals surface area contributed by atoms with Gasteiger partial charge in [-0.05, 0) is 43.7 Å². The van der Waals surface area contributed by atoms with Crippen LogP contribution in [0, 0.1) is 13.8 Å². The van der Waals surface area contributed by atoms with Crippen LogP contribution in [0.1, 0.15) is 32.1 Å². The van der Waals surface area contributed by atoms with Crippen molar-refractivity contribution in [3.63, 3.8) is 0 Å². The minimum atomic E-state index is 0.0484. The summed E-state index contributed by atoms with van der Waals surface area (Å²) in [5.74, 6) is 0.965. The lowest BCUT2D eigenvalue weighted by molar-refractivity contribution is 0.0954. The van der Waals surface area contributed by atoms with Gasteiger partial charge in [0.05, 0.1) is 19.5 Å². The summed E-state index contributed by atoms with van der Waals surface area (Å²) < 4.78 is 5.50. The Morgan fingerprint density at radius 2 is 1.96 bits per heavy atom. The zero-order valence-electron chi connectivity index (χ0n) is 14.4. The molecule has 0 atom stereocenters. The predicted molar refractivity (Wildman–Crippen MR) is 99.9 cm³/mol. The lowest BCUT2D eigenvalue weighted by atomic mass is 10.1. The summed E-state index contributed by atoms with van der Waals surface area (Å²) in [7, 11) is 0. The van der Waals surface area contributed by atoms with Crippen LogP contribution < -0.4 is 4.90 Å². The summed E-state index contributed by atoms with van der Waals surface area (Å²) >= 11 is 1.71. The third kappa shape index (κ3) is 3.01. The largest absolute Gasteiger partial charge is 0.468 e. The van der Waals surface area contributed by atoms with E-state index in [1.54, 1.807) is 17.6 Å². The zero-order valence-corrected chi connectivity index (χ0v) is 15.2. The number of hydrogen-bond acceptors (Lipinski definition) is 4. The van der Waals surface area contributed by atoms with Gasteiger partial charge in [0.1, 0.15) is 10.8 Å². The molecule has 0 radical (unpaired) electrons. The highest BCUT2D eigenvalue weighted by Gasteiger charge is 2.31. The first-order valence-corrected chi connectivity index (χ1v) is 9.15. The van der Waals surface area contributed by atoms with E-state index >= 15 is 0 Å². The topological polar surface area (TPSA) is 36.7 Å². The number of aryl methyl sites for hydroxylation is 1. The molecule has 0 N–H and O–H groups in total. The number of carbonyl (C=O) groups excluding carboxylic acids is 1. The van der Waals surface area contributed by atoms with E-state index in [1.807, 2.05) is 47.4 Å². The molecule has 1 amide bonds. The van der Waals surface area contributed by atoms with E-state index in [9.17, 15) is 4.79 Å². The fourth-order valence-electron chi connectivity index (χ4n) is 3.22. The van der Waals surface area contributed by atoms with E-state index in [4.69, 9.17) is 4.42 Å². The van der Waals surface area contributed by atoms with Gasteiger partial charge in [-0.3, -0.25) is 14.6 Å². The molecule has 4 nitrogen and oxygen atoms in total. The molecule has 3 aromatic rings. The van der Waals surface area contributed by atoms with Crippen LogP contribution >= 0.6 is 11.3 Å². The number of carbonyl (C=O) groups is 1. The molecule has 0 spiro atoms. The van der Waals surface area contributed by atoms with Crippen molar-refractivity contribution in [3.8, 4) is 0 Å². The smallest absolute Gasteiger partial charge is 0.260 e. The summed E-state index contributed by atoms with van der Waals surface area (Å²) in [6.45, 7) is 6.37. The highest BCUT2D eigenvalue weighted by molar-refractivity contribution is 7.16. The van der Waals surface area contributed by atoms with Crippen molar-refractivity contribution in [3.05, 3.63) is 76.1 Å². The first kappa shape index (κ1) is 16.1. The number of fused-ring (bicyclic) bond motifs is 1. The Morgan fingerprint density at radius 3 is 2.68 bits per heavy atom. The maximum absolute atomic E-state index is 13.1. The fraction of sp³-hybridized carbons (Fsp3) is 0.250. The van der Waals surface area contributed by atoms with Gasteiger partial charge in [-0.2, -0.15) is 0 Å². The second kappa shape index (κ2) is 6.50. The molecule has 0 saturated heterocycles. The minimum Gasteiger partial charge on any atom is -0.468 e. The number of anilines is 1. The van der Waals surface area contributed by atoms with Gasteiger partial charge < -0.3 is 4.42 Å². The number of hydrogen-bond donors (Lipinski definition) is 0. The Hall–Kier alpha value is -2.37. The molecule has 1 aromatic carbocycles. The Bertz CT molecular complexity index is 884. The standard InChI is InChI=1S/C20H20N2O2S/c1-14-15(2)25-20-18(14)12-21(11-17-9-6-10-24-17)13-22(20)19(23)16-7-4-3-5-8-16/h3-10H,11-13H2,1-2H3. The van der Waals surface area contributed by atoms with E-state index < -0.39 is 0 Å². The van der Waals surface area contributed by atoms with Crippen molar-refractivity contribution in [2.75, 3.05) is 11.6 Å². The summed E-state index contributed by atoms with van der Waals surface area (Å²) in [4.78, 5) is 18.5. The molecule has 128 valence electrons. The highest BCUT2D eigenvalue weighted by atomic mass is 32.1. The number of nitrogens with zero attached hydrogens (tertiary/aromatic N) is 2. The van der Waals surface area contributed by atoms with Gasteiger partial charge in [-0.25, -0.2) is 0 Å². The monoisotopic (exact) mass is 352 g/mol. The van der Waals surface area contributed by atoms with Gasteiger partial charge >= 0.3 is 0 Å². The van der Waals surface area contributed by atoms with Gasteiger partial charge in [-0.1, -0.05) is 18.2 Å². The number of thiophene rings is 1. The number of amides is 1. The van der Waals surface area contributed by atoms with Crippen LogP contribution in [-0.4, -0.2) is 17.5 Å². The zero-order chi connectivity index (χ0) is 17.4. The van der Waals surface area contributed by atoms with E-state index in [0.717, 1.165) is 22.9 Å². The fourth-order valence-corrected chi connectivity index (χ4v) is 4.38. The summed E-state index contributed by atoms with van der Waals surface area (Å²) in [6, 6.07) is 13.4. The number of rotatable bonds is 3. The van der Waals surface area contributed by atoms with E-state index in [-0.39, 0.29) is 5.91 Å². The Balaban J connectivity index is 1.69. The first-order chi connectivity index (χ1) is 12.1. The molecule has 5 heteroatoms. The molecule has 2 aromatic heterocycles. The Morgan fingerprint density at radius 1 is 1.16 bits per heavy atom. The van der Waals surface area contributed by atoms with Gasteiger partial charge in [0, 0.05) is 22.5 Å². The SMILES string of the molecule is Cc1sc2c(c1C)CN(Cc1ccco1)CN2C(=O)c1ccccc1. The van der Waals surface area contributed by atoms with Crippen molar-refractivity contribution in [2.45, 2.75) is 26.9 Å². The molecule has 1 aliphatic rings. The van der Waals surface area contributed by atoms with Crippen LogP contribution in [0.15, 0.2) is 53.1 Å². The average molecular weight is 352 g/mol. The molecule has 0 aliphatic carbocycles. The first-order valence-electron chi connectivity index (χ1n) is 8.34. The number of furan rings is 1. The molecule has 0 unspecified atom stereocenters. The van der Waals surface area contributed by atoms with Crippen LogP contribution in [0.5, 0.6) is 0 Å². The molecular formula is C20H20N2O2S. The summed E-state index contributed by atoms with van der Waals surface area (Å²) in [5.41, 5.74) is 3.26. The van der Waals surface area contributed by atoms with Gasteiger partial charge in [0.2, 0.25) is 0 Å². The van der Waals surface area contributed by atoms with Crippen molar-refractivity contribution >= 4 is 22.2 Å². The predicted octanol–water partition coefficient (Wildman–Crippen LogP) is 4.58. The van der Waals surface area contributed by atoms with Gasteiger partial charge in [-0.15, -0.1) is 11.3 Å². The van der Waals surface area contributed by atoms with E-state index in [2.05, 4.69) is 18.7 Å². The molecule has 1 aliphatic heterocycles. The van der Waals surface area contributed by atoms with Crippen molar-refractivity contribution < 1.29 is 9.21 Å². The van der Waals surface area contributed by atoms with Crippen molar-refractivity contribution in [1.82, 2.24) is 4.90 Å². The summed E-state index contributed by atoms with van der Waals surface area (Å²) in [6.07, 6.45) is 1.69. The van der Waals surface area contributed by atoms with Crippen LogP contribution in [0.4, 0.5) is 5.00 Å². The lowest BCUT2D eigenvalue weighted by Gasteiger charge is -2.35. The van der Waals surface area contributed by atoms with Crippen molar-refractivity contribution in [1.29, 1.82) is 0 Å². The Labute approximate surface area is 151 Å². The molecule has 0 fully saturated rings. The van der Waals surface area contributed by atoms with Crippen LogP contribution in [0.25, 0.3) is 0 Å². The maximum Gasteiger partial charge on any atom is 0.260 e. The second-order valence-corrected chi connectivity index (χ2v) is 7.58. The third-order valence-electron chi connectivity index (χ3n) is 4.68. The highest BCUT2D eigenvalue weighted by Crippen LogP contribution is 2.40. The molecule has 3 heterocycles. The molecular weight excluding hydrogens is 332 g/mol. The number of benzene rings is 1. The Kier molecular flexibility index (Phi) is 4.19. The van der Waals surface area contributed by atoms with Crippen molar-refractivity contribution in [2.24, 2.45) is 0 Å². The van der Waals surface area contributed by atoms with E-state index in [0.29, 0.717) is 13.2 Å². The molecule has 0 saturated carbocycles. The quantitative estimate of drug-likeness (QED) is 0.692. The lowest BCUT2D eigenvalue weighted by Crippen LogP contribution is -2.44.